The van der Waals surface area contributed by atoms with Crippen molar-refractivity contribution in [1.29, 1.82) is 0 Å². The van der Waals surface area contributed by atoms with Crippen molar-refractivity contribution in [2.75, 3.05) is 0 Å². The van der Waals surface area contributed by atoms with E-state index in [-0.39, 0.29) is 0 Å². The van der Waals surface area contributed by atoms with E-state index in [4.69, 9.17) is 4.52 Å². The van der Waals surface area contributed by atoms with Crippen molar-refractivity contribution in [2.45, 2.75) is 36.7 Å². The minimum atomic E-state index is 0.498. The molecule has 1 atom stereocenters. The minimum absolute atomic E-state index is 0.498. The number of aromatic nitrogens is 2. The topological polar surface area (TPSA) is 38.9 Å². The third kappa shape index (κ3) is 2.72. The summed E-state index contributed by atoms with van der Waals surface area (Å²) in [6.07, 6.45) is 2.42. The third-order valence-corrected chi connectivity index (χ3v) is 5.20. The number of thiophene rings is 1. The van der Waals surface area contributed by atoms with Crippen molar-refractivity contribution in [3.05, 3.63) is 34.1 Å². The molecular weight excluding hydrogens is 252 g/mol. The van der Waals surface area contributed by atoms with E-state index in [0.29, 0.717) is 11.2 Å². The molecular formula is C12H14N2OS2. The first kappa shape index (κ1) is 11.3. The fourth-order valence-corrected chi connectivity index (χ4v) is 3.42. The second-order valence-electron chi connectivity index (χ2n) is 4.29. The van der Waals surface area contributed by atoms with Crippen LogP contribution in [0.4, 0.5) is 0 Å². The summed E-state index contributed by atoms with van der Waals surface area (Å²) in [4.78, 5) is 5.83. The van der Waals surface area contributed by atoms with Gasteiger partial charge in [0.15, 0.2) is 5.82 Å². The molecule has 1 aliphatic carbocycles. The first-order valence-corrected chi connectivity index (χ1v) is 7.73. The molecule has 90 valence electrons. The highest BCUT2D eigenvalue weighted by molar-refractivity contribution is 7.98. The Balaban J connectivity index is 1.56. The molecule has 3 nitrogen and oxygen atoms in total. The van der Waals surface area contributed by atoms with Gasteiger partial charge in [-0.2, -0.15) is 4.98 Å². The summed E-state index contributed by atoms with van der Waals surface area (Å²) in [7, 11) is 0. The summed E-state index contributed by atoms with van der Waals surface area (Å²) in [5.74, 6) is 3.05. The molecule has 0 spiro atoms. The second kappa shape index (κ2) is 4.82. The molecule has 0 amide bonds. The fourth-order valence-electron chi connectivity index (χ4n) is 1.63. The number of nitrogens with zero attached hydrogens (tertiary/aromatic N) is 2. The standard InChI is InChI=1S/C12H14N2OS2/c1-8(10-3-2-6-16-10)17-7-11-13-12(15-14-11)9-4-5-9/h2-3,6,8-9H,4-5,7H2,1H3. The molecule has 17 heavy (non-hydrogen) atoms. The predicted octanol–water partition coefficient (Wildman–Crippen LogP) is 4.00. The minimum Gasteiger partial charge on any atom is -0.339 e. The summed E-state index contributed by atoms with van der Waals surface area (Å²) < 4.78 is 5.24. The Morgan fingerprint density at radius 3 is 3.18 bits per heavy atom. The first-order valence-electron chi connectivity index (χ1n) is 5.80. The molecule has 0 aliphatic heterocycles. The van der Waals surface area contributed by atoms with Gasteiger partial charge in [-0.25, -0.2) is 0 Å². The first-order chi connectivity index (χ1) is 8.33. The monoisotopic (exact) mass is 266 g/mol. The van der Waals surface area contributed by atoms with Crippen molar-refractivity contribution in [3.8, 4) is 0 Å². The number of hydrogen-bond acceptors (Lipinski definition) is 5. The van der Waals surface area contributed by atoms with Crippen LogP contribution in [-0.4, -0.2) is 10.1 Å². The Morgan fingerprint density at radius 2 is 2.47 bits per heavy atom. The van der Waals surface area contributed by atoms with Gasteiger partial charge in [0.25, 0.3) is 0 Å². The quantitative estimate of drug-likeness (QED) is 0.820. The lowest BCUT2D eigenvalue weighted by atomic mass is 10.4. The average Bonchev–Trinajstić information content (AvgIpc) is 2.88. The second-order valence-corrected chi connectivity index (χ2v) is 6.60. The van der Waals surface area contributed by atoms with Gasteiger partial charge in [0, 0.05) is 16.0 Å². The summed E-state index contributed by atoms with van der Waals surface area (Å²) in [6, 6.07) is 4.27. The third-order valence-electron chi connectivity index (χ3n) is 2.82. The molecule has 0 saturated heterocycles. The molecule has 1 aliphatic rings. The molecule has 1 unspecified atom stereocenters. The van der Waals surface area contributed by atoms with Gasteiger partial charge in [0.05, 0.1) is 5.75 Å². The Labute approximate surface area is 109 Å². The molecule has 1 saturated carbocycles. The molecule has 5 heteroatoms. The zero-order valence-corrected chi connectivity index (χ0v) is 11.3. The van der Waals surface area contributed by atoms with Gasteiger partial charge in [-0.05, 0) is 31.2 Å². The Morgan fingerprint density at radius 1 is 1.59 bits per heavy atom. The summed E-state index contributed by atoms with van der Waals surface area (Å²) >= 11 is 3.66. The van der Waals surface area contributed by atoms with Crippen LogP contribution in [0.15, 0.2) is 22.0 Å². The van der Waals surface area contributed by atoms with Gasteiger partial charge >= 0.3 is 0 Å². The highest BCUT2D eigenvalue weighted by atomic mass is 32.2. The van der Waals surface area contributed by atoms with Crippen molar-refractivity contribution in [2.24, 2.45) is 0 Å². The Hall–Kier alpha value is -0.810. The molecule has 3 rings (SSSR count). The summed E-state index contributed by atoms with van der Waals surface area (Å²) in [6.45, 7) is 2.22. The predicted molar refractivity (Wildman–Crippen MR) is 70.3 cm³/mol. The van der Waals surface area contributed by atoms with Crippen molar-refractivity contribution >= 4 is 23.1 Å². The number of hydrogen-bond donors (Lipinski definition) is 0. The van der Waals surface area contributed by atoms with Crippen LogP contribution < -0.4 is 0 Å². The van der Waals surface area contributed by atoms with E-state index in [1.807, 2.05) is 11.8 Å². The zero-order chi connectivity index (χ0) is 11.7. The summed E-state index contributed by atoms with van der Waals surface area (Å²) in [5, 5.41) is 6.64. The molecule has 0 N–H and O–H groups in total. The van der Waals surface area contributed by atoms with Gasteiger partial charge in [-0.15, -0.1) is 23.1 Å². The van der Waals surface area contributed by atoms with Crippen LogP contribution in [0.25, 0.3) is 0 Å². The highest BCUT2D eigenvalue weighted by Gasteiger charge is 2.29. The van der Waals surface area contributed by atoms with E-state index in [2.05, 4.69) is 34.6 Å². The van der Waals surface area contributed by atoms with Crippen LogP contribution in [0.5, 0.6) is 0 Å². The highest BCUT2D eigenvalue weighted by Crippen LogP contribution is 2.39. The average molecular weight is 266 g/mol. The molecule has 0 aromatic carbocycles. The zero-order valence-electron chi connectivity index (χ0n) is 9.63. The smallest absolute Gasteiger partial charge is 0.229 e. The largest absolute Gasteiger partial charge is 0.339 e. The maximum Gasteiger partial charge on any atom is 0.229 e. The van der Waals surface area contributed by atoms with Crippen LogP contribution >= 0.6 is 23.1 Å². The lowest BCUT2D eigenvalue weighted by Crippen LogP contribution is -1.89. The number of rotatable bonds is 5. The van der Waals surface area contributed by atoms with Crippen LogP contribution in [0.1, 0.15) is 47.5 Å². The van der Waals surface area contributed by atoms with E-state index < -0.39 is 0 Å². The van der Waals surface area contributed by atoms with Crippen LogP contribution in [0, 0.1) is 0 Å². The molecule has 2 heterocycles. The summed E-state index contributed by atoms with van der Waals surface area (Å²) in [5.41, 5.74) is 0. The van der Waals surface area contributed by atoms with Crippen molar-refractivity contribution < 1.29 is 4.52 Å². The Kier molecular flexibility index (Phi) is 3.20. The van der Waals surface area contributed by atoms with Gasteiger partial charge in [-0.1, -0.05) is 11.2 Å². The maximum absolute atomic E-state index is 5.24. The number of thioether (sulfide) groups is 1. The lowest BCUT2D eigenvalue weighted by molar-refractivity contribution is 0.375. The van der Waals surface area contributed by atoms with Crippen LogP contribution in [-0.2, 0) is 5.75 Å². The van der Waals surface area contributed by atoms with Gasteiger partial charge in [0.2, 0.25) is 5.89 Å². The molecule has 1 fully saturated rings. The van der Waals surface area contributed by atoms with Crippen molar-refractivity contribution in [1.82, 2.24) is 10.1 Å². The Bertz CT molecular complexity index is 476. The molecule has 0 bridgehead atoms. The van der Waals surface area contributed by atoms with Crippen LogP contribution in [0.3, 0.4) is 0 Å². The van der Waals surface area contributed by atoms with Gasteiger partial charge in [-0.3, -0.25) is 0 Å². The molecule has 0 radical (unpaired) electrons. The fraction of sp³-hybridized carbons (Fsp3) is 0.500. The van der Waals surface area contributed by atoms with Crippen molar-refractivity contribution in [3.63, 3.8) is 0 Å². The lowest BCUT2D eigenvalue weighted by Gasteiger charge is -2.06. The van der Waals surface area contributed by atoms with E-state index in [9.17, 15) is 0 Å². The van der Waals surface area contributed by atoms with E-state index in [0.717, 1.165) is 17.5 Å². The normalized spacial score (nSPS) is 17.2. The van der Waals surface area contributed by atoms with E-state index in [1.54, 1.807) is 11.3 Å². The molecule has 2 aromatic heterocycles. The maximum atomic E-state index is 5.24. The molecule has 2 aromatic rings. The van der Waals surface area contributed by atoms with E-state index in [1.165, 1.54) is 17.7 Å². The van der Waals surface area contributed by atoms with Crippen LogP contribution in [0.2, 0.25) is 0 Å². The SMILES string of the molecule is CC(SCc1noc(C2CC2)n1)c1cccs1. The van der Waals surface area contributed by atoms with Gasteiger partial charge < -0.3 is 4.52 Å². The van der Waals surface area contributed by atoms with E-state index >= 15 is 0 Å². The van der Waals surface area contributed by atoms with Gasteiger partial charge in [0.1, 0.15) is 0 Å².